The standard InChI is InChI=1S/C37H76NO5P/c39-37(38-40)35-33-31-29-27-25-23-21-19-17-15-13-11-9-7-5-3-1-2-4-6-8-10-12-14-16-18-20-22-24-26-28-30-32-34-36-44(41,42)43/h40H,1-36H2,(H,38,39)(H2,41,42,43). The summed E-state index contributed by atoms with van der Waals surface area (Å²) in [5.41, 5.74) is 1.70. The number of carbonyl (C=O) groups is 1. The average Bonchev–Trinajstić information content (AvgIpc) is 3.00. The Morgan fingerprint density at radius 3 is 0.727 bits per heavy atom. The van der Waals surface area contributed by atoms with Gasteiger partial charge in [-0.2, -0.15) is 0 Å². The lowest BCUT2D eigenvalue weighted by atomic mass is 10.0. The van der Waals surface area contributed by atoms with E-state index in [1.54, 1.807) is 5.48 Å². The Balaban J connectivity index is 3.07. The minimum Gasteiger partial charge on any atom is -0.324 e. The predicted molar refractivity (Wildman–Crippen MR) is 188 cm³/mol. The summed E-state index contributed by atoms with van der Waals surface area (Å²) >= 11 is 0. The monoisotopic (exact) mass is 646 g/mol. The number of nitrogens with one attached hydrogen (secondary N) is 1. The third-order valence-electron chi connectivity index (χ3n) is 9.23. The zero-order valence-electron chi connectivity index (χ0n) is 29.1. The lowest BCUT2D eigenvalue weighted by molar-refractivity contribution is -0.129. The highest BCUT2D eigenvalue weighted by Gasteiger charge is 2.10. The van der Waals surface area contributed by atoms with Gasteiger partial charge in [0.2, 0.25) is 5.91 Å². The molecule has 0 aromatic carbocycles. The fourth-order valence-corrected chi connectivity index (χ4v) is 6.95. The lowest BCUT2D eigenvalue weighted by Gasteiger charge is -2.05. The molecule has 4 N–H and O–H groups in total. The van der Waals surface area contributed by atoms with Crippen molar-refractivity contribution < 1.29 is 24.4 Å². The van der Waals surface area contributed by atoms with Crippen molar-refractivity contribution in [1.82, 2.24) is 5.48 Å². The van der Waals surface area contributed by atoms with Gasteiger partial charge in [-0.15, -0.1) is 0 Å². The fourth-order valence-electron chi connectivity index (χ4n) is 6.32. The van der Waals surface area contributed by atoms with Gasteiger partial charge in [0.15, 0.2) is 0 Å². The molecular formula is C37H76NO5P. The van der Waals surface area contributed by atoms with Crippen LogP contribution in [0.2, 0.25) is 0 Å². The smallest absolute Gasteiger partial charge is 0.324 e. The second-order valence-corrected chi connectivity index (χ2v) is 15.5. The molecule has 44 heavy (non-hydrogen) atoms. The van der Waals surface area contributed by atoms with E-state index in [4.69, 9.17) is 15.0 Å². The van der Waals surface area contributed by atoms with Crippen LogP contribution in [0.4, 0.5) is 0 Å². The molecule has 0 spiro atoms. The number of unbranched alkanes of at least 4 members (excludes halogenated alkanes) is 33. The number of carbonyl (C=O) groups excluding carboxylic acids is 1. The van der Waals surface area contributed by atoms with E-state index in [-0.39, 0.29) is 12.1 Å². The molecule has 0 aromatic rings. The molecule has 0 unspecified atom stereocenters. The highest BCUT2D eigenvalue weighted by Crippen LogP contribution is 2.35. The van der Waals surface area contributed by atoms with Gasteiger partial charge < -0.3 is 9.79 Å². The van der Waals surface area contributed by atoms with Gasteiger partial charge in [-0.05, 0) is 12.8 Å². The summed E-state index contributed by atoms with van der Waals surface area (Å²) in [5.74, 6) is -0.262. The Hall–Kier alpha value is -0.420. The molecule has 0 aliphatic carbocycles. The van der Waals surface area contributed by atoms with E-state index in [0.717, 1.165) is 25.7 Å². The number of hydrogen-bond donors (Lipinski definition) is 4. The maximum Gasteiger partial charge on any atom is 0.325 e. The molecule has 0 saturated carbocycles. The van der Waals surface area contributed by atoms with Gasteiger partial charge in [0.25, 0.3) is 0 Å². The summed E-state index contributed by atoms with van der Waals surface area (Å²) in [5, 5.41) is 8.46. The predicted octanol–water partition coefficient (Wildman–Crippen LogP) is 12.3. The van der Waals surface area contributed by atoms with Crippen LogP contribution in [0.25, 0.3) is 0 Å². The molecule has 0 aliphatic rings. The molecule has 0 saturated heterocycles. The molecule has 0 fully saturated rings. The van der Waals surface area contributed by atoms with Crippen LogP contribution in [0.3, 0.4) is 0 Å². The first-order chi connectivity index (χ1) is 21.5. The molecule has 0 heterocycles. The normalized spacial score (nSPS) is 11.8. The van der Waals surface area contributed by atoms with Crippen LogP contribution >= 0.6 is 7.60 Å². The minimum absolute atomic E-state index is 0.0549. The van der Waals surface area contributed by atoms with Crippen LogP contribution in [0, 0.1) is 0 Å². The third kappa shape index (κ3) is 39.6. The van der Waals surface area contributed by atoms with Gasteiger partial charge in [-0.25, -0.2) is 5.48 Å². The zero-order chi connectivity index (χ0) is 32.2. The molecule has 0 rings (SSSR count). The summed E-state index contributed by atoms with van der Waals surface area (Å²) in [6, 6.07) is 0. The molecule has 0 atom stereocenters. The Bertz CT molecular complexity index is 627. The number of rotatable bonds is 37. The summed E-state index contributed by atoms with van der Waals surface area (Å²) in [7, 11) is -3.78. The largest absolute Gasteiger partial charge is 0.325 e. The molecule has 7 heteroatoms. The van der Waals surface area contributed by atoms with Crippen molar-refractivity contribution in [2.24, 2.45) is 0 Å². The summed E-state index contributed by atoms with van der Waals surface area (Å²) in [6.45, 7) is 0. The molecule has 0 aromatic heterocycles. The Morgan fingerprint density at radius 2 is 0.545 bits per heavy atom. The average molecular weight is 646 g/mol. The highest BCUT2D eigenvalue weighted by molar-refractivity contribution is 7.51. The van der Waals surface area contributed by atoms with Gasteiger partial charge in [0, 0.05) is 12.6 Å². The van der Waals surface area contributed by atoms with E-state index in [1.807, 2.05) is 0 Å². The van der Waals surface area contributed by atoms with Crippen molar-refractivity contribution >= 4 is 13.5 Å². The van der Waals surface area contributed by atoms with Crippen LogP contribution in [-0.2, 0) is 9.36 Å². The van der Waals surface area contributed by atoms with Crippen LogP contribution < -0.4 is 5.48 Å². The zero-order valence-corrected chi connectivity index (χ0v) is 30.0. The molecule has 6 nitrogen and oxygen atoms in total. The summed E-state index contributed by atoms with van der Waals surface area (Å²) in [4.78, 5) is 28.6. The summed E-state index contributed by atoms with van der Waals surface area (Å²) in [6.07, 6.45) is 45.4. The second-order valence-electron chi connectivity index (χ2n) is 13.7. The molecular weight excluding hydrogens is 569 g/mol. The van der Waals surface area contributed by atoms with Crippen LogP contribution in [0.1, 0.15) is 225 Å². The van der Waals surface area contributed by atoms with Crippen molar-refractivity contribution in [2.75, 3.05) is 6.16 Å². The molecule has 0 bridgehead atoms. The van der Waals surface area contributed by atoms with Crippen molar-refractivity contribution in [3.63, 3.8) is 0 Å². The summed E-state index contributed by atoms with van der Waals surface area (Å²) < 4.78 is 10.8. The molecule has 264 valence electrons. The van der Waals surface area contributed by atoms with Gasteiger partial charge in [0.05, 0.1) is 0 Å². The van der Waals surface area contributed by atoms with E-state index in [9.17, 15) is 9.36 Å². The van der Waals surface area contributed by atoms with Crippen LogP contribution in [0.15, 0.2) is 0 Å². The third-order valence-corrected chi connectivity index (χ3v) is 10.1. The van der Waals surface area contributed by atoms with Gasteiger partial charge in [-0.1, -0.05) is 205 Å². The van der Waals surface area contributed by atoms with Crippen molar-refractivity contribution in [3.8, 4) is 0 Å². The minimum atomic E-state index is -3.78. The molecule has 0 aliphatic heterocycles. The van der Waals surface area contributed by atoms with E-state index in [0.29, 0.717) is 12.8 Å². The van der Waals surface area contributed by atoms with E-state index < -0.39 is 7.60 Å². The van der Waals surface area contributed by atoms with E-state index in [1.165, 1.54) is 186 Å². The Kier molecular flexibility index (Phi) is 35.1. The van der Waals surface area contributed by atoms with E-state index >= 15 is 0 Å². The quantitative estimate of drug-likeness (QED) is 0.0233. The van der Waals surface area contributed by atoms with Crippen LogP contribution in [0.5, 0.6) is 0 Å². The first kappa shape index (κ1) is 43.6. The lowest BCUT2D eigenvalue weighted by Crippen LogP contribution is -2.17. The first-order valence-corrected chi connectivity index (χ1v) is 21.2. The number of hydrogen-bond acceptors (Lipinski definition) is 3. The van der Waals surface area contributed by atoms with Crippen molar-refractivity contribution in [3.05, 3.63) is 0 Å². The van der Waals surface area contributed by atoms with E-state index in [2.05, 4.69) is 0 Å². The topological polar surface area (TPSA) is 107 Å². The van der Waals surface area contributed by atoms with Gasteiger partial charge >= 0.3 is 7.60 Å². The fraction of sp³-hybridized carbons (Fsp3) is 0.973. The molecule has 0 radical (unpaired) electrons. The van der Waals surface area contributed by atoms with Gasteiger partial charge in [0.1, 0.15) is 0 Å². The highest BCUT2D eigenvalue weighted by atomic mass is 31.2. The maximum atomic E-state index is 10.9. The van der Waals surface area contributed by atoms with Crippen molar-refractivity contribution in [1.29, 1.82) is 0 Å². The van der Waals surface area contributed by atoms with Crippen LogP contribution in [-0.4, -0.2) is 27.1 Å². The first-order valence-electron chi connectivity index (χ1n) is 19.4. The second kappa shape index (κ2) is 35.4. The van der Waals surface area contributed by atoms with Crippen molar-refractivity contribution in [2.45, 2.75) is 225 Å². The maximum absolute atomic E-state index is 10.9. The Morgan fingerprint density at radius 1 is 0.364 bits per heavy atom. The number of hydroxylamine groups is 1. The molecule has 1 amide bonds. The SMILES string of the molecule is O=C(CCCCCCCCCCCCCCCCCCCCCCCCCCCCCCCCCCCCP(=O)(O)O)NO. The number of amides is 1. The Labute approximate surface area is 273 Å². The van der Waals surface area contributed by atoms with Gasteiger partial charge in [-0.3, -0.25) is 14.6 Å².